The zero-order valence-electron chi connectivity index (χ0n) is 12.3. The van der Waals surface area contributed by atoms with Crippen LogP contribution in [0.4, 0.5) is 0 Å². The smallest absolute Gasteiger partial charge is 0.248 e. The molecule has 0 radical (unpaired) electrons. The second kappa shape index (κ2) is 6.86. The highest BCUT2D eigenvalue weighted by molar-refractivity contribution is 5.93. The van der Waals surface area contributed by atoms with E-state index in [4.69, 9.17) is 11.5 Å². The molecule has 1 atom stereocenters. The summed E-state index contributed by atoms with van der Waals surface area (Å²) in [6, 6.07) is 5.74. The summed E-state index contributed by atoms with van der Waals surface area (Å²) in [4.78, 5) is 13.7. The molecule has 110 valence electrons. The highest BCUT2D eigenvalue weighted by atomic mass is 16.1. The van der Waals surface area contributed by atoms with Crippen LogP contribution < -0.4 is 11.5 Å². The summed E-state index contributed by atoms with van der Waals surface area (Å²) < 4.78 is 0. The predicted molar refractivity (Wildman–Crippen MR) is 81.4 cm³/mol. The van der Waals surface area contributed by atoms with Crippen molar-refractivity contribution in [3.63, 3.8) is 0 Å². The third-order valence-corrected chi connectivity index (χ3v) is 4.20. The molecule has 0 spiro atoms. The van der Waals surface area contributed by atoms with Crippen molar-refractivity contribution in [1.82, 2.24) is 4.90 Å². The van der Waals surface area contributed by atoms with Gasteiger partial charge in [0.25, 0.3) is 0 Å². The standard InChI is InChI=1S/C16H25N3O/c1-12-9-14(16(18)20)4-5-15(12)11-19-8-2-3-13(10-19)6-7-17/h4-5,9,13H,2-3,6-8,10-11,17H2,1H3,(H2,18,20). The molecule has 2 rings (SSSR count). The van der Waals surface area contributed by atoms with Crippen LogP contribution >= 0.6 is 0 Å². The number of hydrogen-bond donors (Lipinski definition) is 2. The quantitative estimate of drug-likeness (QED) is 0.858. The Morgan fingerprint density at radius 1 is 1.45 bits per heavy atom. The van der Waals surface area contributed by atoms with E-state index < -0.39 is 0 Å². The second-order valence-corrected chi connectivity index (χ2v) is 5.83. The van der Waals surface area contributed by atoms with E-state index in [2.05, 4.69) is 4.90 Å². The van der Waals surface area contributed by atoms with Gasteiger partial charge in [0.05, 0.1) is 0 Å². The SMILES string of the molecule is Cc1cc(C(N)=O)ccc1CN1CCCC(CCN)C1. The summed E-state index contributed by atoms with van der Waals surface area (Å²) in [5.41, 5.74) is 14.0. The zero-order chi connectivity index (χ0) is 14.5. The van der Waals surface area contributed by atoms with Crippen molar-refractivity contribution in [3.05, 3.63) is 34.9 Å². The maximum absolute atomic E-state index is 11.2. The van der Waals surface area contributed by atoms with Gasteiger partial charge in [0.2, 0.25) is 5.91 Å². The van der Waals surface area contributed by atoms with Gasteiger partial charge in [0.1, 0.15) is 0 Å². The lowest BCUT2D eigenvalue weighted by Crippen LogP contribution is -2.35. The first kappa shape index (κ1) is 15.0. The first-order valence-corrected chi connectivity index (χ1v) is 7.42. The van der Waals surface area contributed by atoms with E-state index in [1.165, 1.54) is 18.4 Å². The number of rotatable bonds is 5. The fourth-order valence-electron chi connectivity index (χ4n) is 3.03. The topological polar surface area (TPSA) is 72.4 Å². The van der Waals surface area contributed by atoms with Gasteiger partial charge in [-0.15, -0.1) is 0 Å². The Kier molecular flexibility index (Phi) is 5.15. The summed E-state index contributed by atoms with van der Waals surface area (Å²) >= 11 is 0. The molecule has 4 nitrogen and oxygen atoms in total. The second-order valence-electron chi connectivity index (χ2n) is 5.83. The number of hydrogen-bond acceptors (Lipinski definition) is 3. The van der Waals surface area contributed by atoms with E-state index in [0.29, 0.717) is 5.56 Å². The van der Waals surface area contributed by atoms with Gasteiger partial charge < -0.3 is 11.5 Å². The molecule has 0 saturated carbocycles. The number of carbonyl (C=O) groups is 1. The van der Waals surface area contributed by atoms with Gasteiger partial charge in [-0.25, -0.2) is 0 Å². The molecule has 0 bridgehead atoms. The molecule has 4 heteroatoms. The Balaban J connectivity index is 2.00. The average Bonchev–Trinajstić information content (AvgIpc) is 2.42. The van der Waals surface area contributed by atoms with E-state index in [1.54, 1.807) is 0 Å². The fourth-order valence-corrected chi connectivity index (χ4v) is 3.03. The molecule has 1 heterocycles. The fraction of sp³-hybridized carbons (Fsp3) is 0.562. The van der Waals surface area contributed by atoms with Crippen molar-refractivity contribution in [2.45, 2.75) is 32.7 Å². The van der Waals surface area contributed by atoms with Crippen molar-refractivity contribution in [2.24, 2.45) is 17.4 Å². The highest BCUT2D eigenvalue weighted by Crippen LogP contribution is 2.22. The molecule has 1 aromatic rings. The predicted octanol–water partition coefficient (Wildman–Crippen LogP) is 1.65. The number of amides is 1. The van der Waals surface area contributed by atoms with Gasteiger partial charge in [-0.05, 0) is 68.5 Å². The summed E-state index contributed by atoms with van der Waals surface area (Å²) in [5, 5.41) is 0. The minimum absolute atomic E-state index is 0.361. The molecule has 0 aromatic heterocycles. The van der Waals surface area contributed by atoms with Crippen LogP contribution in [0, 0.1) is 12.8 Å². The van der Waals surface area contributed by atoms with Crippen LogP contribution in [0.25, 0.3) is 0 Å². The minimum Gasteiger partial charge on any atom is -0.366 e. The molecule has 0 aliphatic carbocycles. The third kappa shape index (κ3) is 3.81. The van der Waals surface area contributed by atoms with Crippen LogP contribution in [0.5, 0.6) is 0 Å². The molecule has 1 aromatic carbocycles. The lowest BCUT2D eigenvalue weighted by Gasteiger charge is -2.33. The summed E-state index contributed by atoms with van der Waals surface area (Å²) in [7, 11) is 0. The summed E-state index contributed by atoms with van der Waals surface area (Å²) in [6.07, 6.45) is 3.67. The van der Waals surface area contributed by atoms with E-state index in [-0.39, 0.29) is 5.91 Å². The Labute approximate surface area is 121 Å². The molecule has 1 aliphatic rings. The van der Waals surface area contributed by atoms with Gasteiger partial charge in [-0.2, -0.15) is 0 Å². The van der Waals surface area contributed by atoms with E-state index >= 15 is 0 Å². The van der Waals surface area contributed by atoms with E-state index in [1.807, 2.05) is 25.1 Å². The van der Waals surface area contributed by atoms with Crippen LogP contribution in [-0.4, -0.2) is 30.4 Å². The molecule has 1 saturated heterocycles. The van der Waals surface area contributed by atoms with Gasteiger partial charge in [-0.1, -0.05) is 6.07 Å². The largest absolute Gasteiger partial charge is 0.366 e. The molecule has 20 heavy (non-hydrogen) atoms. The Morgan fingerprint density at radius 2 is 2.25 bits per heavy atom. The van der Waals surface area contributed by atoms with Crippen molar-refractivity contribution >= 4 is 5.91 Å². The van der Waals surface area contributed by atoms with Crippen LogP contribution in [-0.2, 0) is 6.54 Å². The number of benzene rings is 1. The lowest BCUT2D eigenvalue weighted by atomic mass is 9.94. The molecule has 1 unspecified atom stereocenters. The van der Waals surface area contributed by atoms with Gasteiger partial charge >= 0.3 is 0 Å². The van der Waals surface area contributed by atoms with Crippen LogP contribution in [0.15, 0.2) is 18.2 Å². The van der Waals surface area contributed by atoms with Crippen LogP contribution in [0.3, 0.4) is 0 Å². The summed E-state index contributed by atoms with van der Waals surface area (Å²) in [5.74, 6) is 0.375. The molecular formula is C16H25N3O. The number of primary amides is 1. The van der Waals surface area contributed by atoms with Crippen molar-refractivity contribution in [2.75, 3.05) is 19.6 Å². The maximum atomic E-state index is 11.2. The number of nitrogens with zero attached hydrogens (tertiary/aromatic N) is 1. The highest BCUT2D eigenvalue weighted by Gasteiger charge is 2.19. The third-order valence-electron chi connectivity index (χ3n) is 4.20. The molecule has 1 aliphatic heterocycles. The number of piperidine rings is 1. The van der Waals surface area contributed by atoms with Gasteiger partial charge in [0, 0.05) is 18.7 Å². The number of carbonyl (C=O) groups excluding carboxylic acids is 1. The van der Waals surface area contributed by atoms with Gasteiger partial charge in [0.15, 0.2) is 0 Å². The van der Waals surface area contributed by atoms with Crippen molar-refractivity contribution < 1.29 is 4.79 Å². The normalized spacial score (nSPS) is 20.0. The monoisotopic (exact) mass is 275 g/mol. The zero-order valence-corrected chi connectivity index (χ0v) is 12.3. The van der Waals surface area contributed by atoms with E-state index in [0.717, 1.165) is 44.1 Å². The minimum atomic E-state index is -0.361. The first-order chi connectivity index (χ1) is 9.60. The maximum Gasteiger partial charge on any atom is 0.248 e. The molecular weight excluding hydrogens is 250 g/mol. The molecule has 4 N–H and O–H groups in total. The molecule has 1 amide bonds. The number of likely N-dealkylation sites (tertiary alicyclic amines) is 1. The summed E-state index contributed by atoms with van der Waals surface area (Å²) in [6.45, 7) is 6.06. The van der Waals surface area contributed by atoms with Crippen LogP contribution in [0.1, 0.15) is 40.7 Å². The average molecular weight is 275 g/mol. The number of nitrogens with two attached hydrogens (primary N) is 2. The Hall–Kier alpha value is -1.39. The Morgan fingerprint density at radius 3 is 2.90 bits per heavy atom. The Bertz CT molecular complexity index is 471. The number of aryl methyl sites for hydroxylation is 1. The molecule has 1 fully saturated rings. The van der Waals surface area contributed by atoms with Gasteiger partial charge in [-0.3, -0.25) is 9.69 Å². The lowest BCUT2D eigenvalue weighted by molar-refractivity contribution is 0.1000. The van der Waals surface area contributed by atoms with Crippen molar-refractivity contribution in [1.29, 1.82) is 0 Å². The van der Waals surface area contributed by atoms with Crippen LogP contribution in [0.2, 0.25) is 0 Å². The first-order valence-electron chi connectivity index (χ1n) is 7.42. The van der Waals surface area contributed by atoms with Crippen molar-refractivity contribution in [3.8, 4) is 0 Å². The van der Waals surface area contributed by atoms with E-state index in [9.17, 15) is 4.79 Å².